The van der Waals surface area contributed by atoms with E-state index in [2.05, 4.69) is 38.2 Å². The number of rotatable bonds is 25. The van der Waals surface area contributed by atoms with Crippen LogP contribution in [0.5, 0.6) is 0 Å². The van der Waals surface area contributed by atoms with Crippen molar-refractivity contribution in [1.29, 1.82) is 0 Å². The number of hydrogen-bond acceptors (Lipinski definition) is 7. The molecule has 0 heterocycles. The summed E-state index contributed by atoms with van der Waals surface area (Å²) in [4.78, 5) is 24.8. The van der Waals surface area contributed by atoms with Gasteiger partial charge in [0.2, 0.25) is 0 Å². The van der Waals surface area contributed by atoms with Gasteiger partial charge >= 0.3 is 63.3 Å². The Morgan fingerprint density at radius 3 is 1.53 bits per heavy atom. The van der Waals surface area contributed by atoms with Crippen LogP contribution < -0.4 is 51.4 Å². The summed E-state index contributed by atoms with van der Waals surface area (Å²) in [5, 5.41) is 0. The molecule has 0 aliphatic rings. The monoisotopic (exact) mass is 644 g/mol. The molecule has 1 aromatic rings. The largest absolute Gasteiger partial charge is 1.00 e. The zero-order valence-electron chi connectivity index (χ0n) is 26.9. The van der Waals surface area contributed by atoms with Gasteiger partial charge < -0.3 is 14.0 Å². The van der Waals surface area contributed by atoms with Crippen molar-refractivity contribution in [2.45, 2.75) is 134 Å². The summed E-state index contributed by atoms with van der Waals surface area (Å²) in [6.45, 7) is 4.59. The Bertz CT molecular complexity index is 1050. The third-order valence-corrected chi connectivity index (χ3v) is 7.88. The zero-order valence-corrected chi connectivity index (χ0v) is 30.9. The molecule has 0 fully saturated rings. The second-order valence-electron chi connectivity index (χ2n) is 10.7. The molecule has 7 nitrogen and oxygen atoms in total. The smallest absolute Gasteiger partial charge is 0.744 e. The average molecular weight is 645 g/mol. The Balaban J connectivity index is 0.0000176. The Kier molecular flexibility index (Phi) is 27.0. The molecule has 0 saturated carbocycles. The van der Waals surface area contributed by atoms with Gasteiger partial charge in [-0.25, -0.2) is 18.0 Å². The van der Waals surface area contributed by atoms with E-state index in [1.54, 1.807) is 0 Å². The minimum absolute atomic E-state index is 0. The van der Waals surface area contributed by atoms with Crippen molar-refractivity contribution in [3.63, 3.8) is 0 Å². The molecule has 0 aromatic heterocycles. The predicted molar refractivity (Wildman–Crippen MR) is 168 cm³/mol. The first-order valence-corrected chi connectivity index (χ1v) is 17.5. The van der Waals surface area contributed by atoms with Gasteiger partial charge in [-0.3, -0.25) is 0 Å². The van der Waals surface area contributed by atoms with E-state index in [0.717, 1.165) is 83.1 Å². The van der Waals surface area contributed by atoms with Crippen LogP contribution in [0.15, 0.2) is 47.4 Å². The molecule has 0 saturated heterocycles. The molecule has 0 aliphatic carbocycles. The van der Waals surface area contributed by atoms with Crippen molar-refractivity contribution in [3.8, 4) is 0 Å². The van der Waals surface area contributed by atoms with Crippen LogP contribution in [0.1, 0.15) is 150 Å². The van der Waals surface area contributed by atoms with Crippen LogP contribution in [-0.4, -0.2) is 38.1 Å². The molecular formula is C34H53KO7S. The van der Waals surface area contributed by atoms with Crippen molar-refractivity contribution < 1.29 is 83.4 Å². The molecule has 9 heteroatoms. The number of esters is 2. The Hall–Kier alpha value is -0.814. The van der Waals surface area contributed by atoms with Gasteiger partial charge in [-0.15, -0.1) is 0 Å². The third-order valence-electron chi connectivity index (χ3n) is 7.00. The molecule has 1 aromatic carbocycles. The van der Waals surface area contributed by atoms with E-state index in [9.17, 15) is 22.6 Å². The fourth-order valence-electron chi connectivity index (χ4n) is 4.50. The summed E-state index contributed by atoms with van der Waals surface area (Å²) in [6, 6.07) is 3.57. The summed E-state index contributed by atoms with van der Waals surface area (Å²) in [5.74, 6) is -1.84. The minimum atomic E-state index is -5.01. The number of unbranched alkanes of at least 4 members (excludes halogenated alkanes) is 14. The summed E-state index contributed by atoms with van der Waals surface area (Å²) in [5.41, 5.74) is -0.807. The number of carbonyl (C=O) groups is 2. The van der Waals surface area contributed by atoms with Gasteiger partial charge in [0.25, 0.3) is 0 Å². The number of ether oxygens (including phenoxy) is 2. The van der Waals surface area contributed by atoms with E-state index in [-0.39, 0.29) is 70.2 Å². The molecule has 0 N–H and O–H groups in total. The van der Waals surface area contributed by atoms with E-state index in [1.807, 2.05) is 0 Å². The molecule has 0 amide bonds. The van der Waals surface area contributed by atoms with Crippen LogP contribution in [-0.2, 0) is 19.6 Å². The Morgan fingerprint density at radius 1 is 0.651 bits per heavy atom. The first-order chi connectivity index (χ1) is 20.3. The fraction of sp³-hybridized carbons (Fsp3) is 0.647. The van der Waals surface area contributed by atoms with Gasteiger partial charge in [-0.05, 0) is 63.5 Å². The number of hydrogen-bond donors (Lipinski definition) is 0. The van der Waals surface area contributed by atoms with Crippen LogP contribution in [0.25, 0.3) is 0 Å². The van der Waals surface area contributed by atoms with Crippen LogP contribution >= 0.6 is 0 Å². The Morgan fingerprint density at radius 2 is 1.07 bits per heavy atom. The maximum atomic E-state index is 12.8. The van der Waals surface area contributed by atoms with E-state index < -0.39 is 32.5 Å². The molecule has 238 valence electrons. The summed E-state index contributed by atoms with van der Waals surface area (Å²) in [7, 11) is -5.01. The topological polar surface area (TPSA) is 110 Å². The predicted octanol–water partition coefficient (Wildman–Crippen LogP) is 6.08. The standard InChI is InChI=1S/C34H54O7S.K/c1-3-5-7-9-11-13-15-17-19-21-23-28-40-33(35)30-26-25-27-31(42(37,38)39)32(30)34(36)41-29-24-22-20-18-16-14-12-10-8-6-4-2;/h9-12,25-27H,3-8,13-24,28-29H2,1-2H3,(H,37,38,39);/q;+1/p-1/b11-9+,12-10+;. The van der Waals surface area contributed by atoms with E-state index >= 15 is 0 Å². The molecular weight excluding hydrogens is 592 g/mol. The number of benzene rings is 1. The van der Waals surface area contributed by atoms with Gasteiger partial charge in [0, 0.05) is 0 Å². The van der Waals surface area contributed by atoms with E-state index in [0.29, 0.717) is 12.8 Å². The van der Waals surface area contributed by atoms with E-state index in [4.69, 9.17) is 9.47 Å². The van der Waals surface area contributed by atoms with Crippen molar-refractivity contribution in [3.05, 3.63) is 53.6 Å². The fourth-order valence-corrected chi connectivity index (χ4v) is 5.19. The van der Waals surface area contributed by atoms with Crippen molar-refractivity contribution >= 4 is 22.1 Å². The Labute approximate surface area is 303 Å². The zero-order chi connectivity index (χ0) is 30.9. The maximum Gasteiger partial charge on any atom is 1.00 e. The normalized spacial score (nSPS) is 11.6. The molecule has 0 unspecified atom stereocenters. The van der Waals surface area contributed by atoms with Gasteiger partial charge in [0.1, 0.15) is 10.1 Å². The van der Waals surface area contributed by atoms with Gasteiger partial charge in [0.05, 0.1) is 29.2 Å². The molecule has 0 bridgehead atoms. The third kappa shape index (κ3) is 20.8. The molecule has 0 atom stereocenters. The average Bonchev–Trinajstić information content (AvgIpc) is 2.97. The number of carbonyl (C=O) groups excluding carboxylic acids is 2. The summed E-state index contributed by atoms with van der Waals surface area (Å²) >= 11 is 0. The van der Waals surface area contributed by atoms with Gasteiger partial charge in [0.15, 0.2) is 0 Å². The van der Waals surface area contributed by atoms with Crippen molar-refractivity contribution in [1.82, 2.24) is 0 Å². The van der Waals surface area contributed by atoms with Gasteiger partial charge in [-0.2, -0.15) is 0 Å². The first-order valence-electron chi connectivity index (χ1n) is 16.1. The van der Waals surface area contributed by atoms with Crippen LogP contribution in [0, 0.1) is 0 Å². The SMILES string of the molecule is CCCC/C=C/CCCCCCCOC(=O)c1cccc(S(=O)(=O)[O-])c1C(=O)OCCCCCCC/C=C/CCCC.[K+]. The summed E-state index contributed by atoms with van der Waals surface area (Å²) < 4.78 is 46.2. The minimum Gasteiger partial charge on any atom is -0.744 e. The quantitative estimate of drug-likeness (QED) is 0.0417. The first kappa shape index (κ1) is 42.2. The van der Waals surface area contributed by atoms with Crippen LogP contribution in [0.2, 0.25) is 0 Å². The maximum absolute atomic E-state index is 12.8. The van der Waals surface area contributed by atoms with Crippen molar-refractivity contribution in [2.75, 3.05) is 13.2 Å². The molecule has 0 aliphatic heterocycles. The van der Waals surface area contributed by atoms with Crippen molar-refractivity contribution in [2.24, 2.45) is 0 Å². The van der Waals surface area contributed by atoms with Crippen LogP contribution in [0.3, 0.4) is 0 Å². The van der Waals surface area contributed by atoms with E-state index in [1.165, 1.54) is 37.8 Å². The second kappa shape index (κ2) is 27.5. The molecule has 1 rings (SSSR count). The molecule has 43 heavy (non-hydrogen) atoms. The second-order valence-corrected chi connectivity index (χ2v) is 12.1. The van der Waals surface area contributed by atoms with Crippen LogP contribution in [0.4, 0.5) is 0 Å². The molecule has 0 radical (unpaired) electrons. The number of allylic oxidation sites excluding steroid dienone is 4. The summed E-state index contributed by atoms with van der Waals surface area (Å²) in [6.07, 6.45) is 27.7. The molecule has 0 spiro atoms. The van der Waals surface area contributed by atoms with Gasteiger partial charge in [-0.1, -0.05) is 108 Å².